The first-order valence-corrected chi connectivity index (χ1v) is 4.71. The van der Waals surface area contributed by atoms with Gasteiger partial charge in [0.25, 0.3) is 5.91 Å². The van der Waals surface area contributed by atoms with Gasteiger partial charge in [-0.2, -0.15) is 5.10 Å². The zero-order chi connectivity index (χ0) is 12.2. The Morgan fingerprint density at radius 1 is 1.44 bits per heavy atom. The molecule has 0 bridgehead atoms. The van der Waals surface area contributed by atoms with Crippen LogP contribution in [-0.4, -0.2) is 56.4 Å². The third-order valence-corrected chi connectivity index (χ3v) is 2.23. The standard InChI is InChI=1S/C9H15N3O4/c1-12-3-2-7(11-12)8(16)10-9(4-13,5-14)6-15/h2-3,13-15H,4-6H2,1H3,(H,10,16). The topological polar surface area (TPSA) is 108 Å². The van der Waals surface area contributed by atoms with E-state index in [4.69, 9.17) is 15.3 Å². The van der Waals surface area contributed by atoms with E-state index in [1.54, 1.807) is 13.2 Å². The van der Waals surface area contributed by atoms with Crippen molar-refractivity contribution in [3.63, 3.8) is 0 Å². The SMILES string of the molecule is Cn1ccc(C(=O)NC(CO)(CO)CO)n1. The monoisotopic (exact) mass is 229 g/mol. The number of hydrogen-bond acceptors (Lipinski definition) is 5. The van der Waals surface area contributed by atoms with E-state index in [2.05, 4.69) is 10.4 Å². The molecule has 1 aromatic rings. The van der Waals surface area contributed by atoms with Crippen LogP contribution in [0.15, 0.2) is 12.3 Å². The molecule has 7 heteroatoms. The summed E-state index contributed by atoms with van der Waals surface area (Å²) in [6, 6.07) is 1.49. The lowest BCUT2D eigenvalue weighted by atomic mass is 10.0. The molecule has 90 valence electrons. The fourth-order valence-corrected chi connectivity index (χ4v) is 1.11. The van der Waals surface area contributed by atoms with E-state index < -0.39 is 31.3 Å². The Bertz CT molecular complexity index is 351. The third-order valence-electron chi connectivity index (χ3n) is 2.23. The number of aliphatic hydroxyl groups is 3. The molecule has 0 fully saturated rings. The Morgan fingerprint density at radius 3 is 2.38 bits per heavy atom. The highest BCUT2D eigenvalue weighted by Gasteiger charge is 2.30. The van der Waals surface area contributed by atoms with Crippen LogP contribution < -0.4 is 5.32 Å². The summed E-state index contributed by atoms with van der Waals surface area (Å²) in [6.45, 7) is -1.67. The number of aryl methyl sites for hydroxylation is 1. The molecule has 1 rings (SSSR count). The second kappa shape index (κ2) is 5.06. The van der Waals surface area contributed by atoms with E-state index in [9.17, 15) is 4.79 Å². The van der Waals surface area contributed by atoms with Crippen molar-refractivity contribution >= 4 is 5.91 Å². The van der Waals surface area contributed by atoms with Crippen molar-refractivity contribution < 1.29 is 20.1 Å². The van der Waals surface area contributed by atoms with Gasteiger partial charge in [-0.1, -0.05) is 0 Å². The predicted octanol–water partition coefficient (Wildman–Crippen LogP) is -2.13. The van der Waals surface area contributed by atoms with Crippen molar-refractivity contribution in [1.29, 1.82) is 0 Å². The quantitative estimate of drug-likeness (QED) is 0.461. The number of aliphatic hydroxyl groups excluding tert-OH is 3. The molecule has 7 nitrogen and oxygen atoms in total. The molecule has 16 heavy (non-hydrogen) atoms. The number of carbonyl (C=O) groups is 1. The number of nitrogens with zero attached hydrogens (tertiary/aromatic N) is 2. The van der Waals surface area contributed by atoms with Crippen molar-refractivity contribution in [2.75, 3.05) is 19.8 Å². The highest BCUT2D eigenvalue weighted by atomic mass is 16.3. The molecule has 0 unspecified atom stereocenters. The van der Waals surface area contributed by atoms with Gasteiger partial charge in [-0.25, -0.2) is 0 Å². The van der Waals surface area contributed by atoms with Crippen LogP contribution >= 0.6 is 0 Å². The molecule has 0 aliphatic heterocycles. The maximum atomic E-state index is 11.6. The Hall–Kier alpha value is -1.44. The van der Waals surface area contributed by atoms with Crippen LogP contribution in [0.3, 0.4) is 0 Å². The summed E-state index contributed by atoms with van der Waals surface area (Å²) in [5.41, 5.74) is -1.27. The Morgan fingerprint density at radius 2 is 2.00 bits per heavy atom. The largest absolute Gasteiger partial charge is 0.394 e. The van der Waals surface area contributed by atoms with Crippen LogP contribution in [0.5, 0.6) is 0 Å². The number of carbonyl (C=O) groups excluding carboxylic acids is 1. The third kappa shape index (κ3) is 2.57. The molecule has 0 saturated carbocycles. The van der Waals surface area contributed by atoms with Gasteiger partial charge >= 0.3 is 0 Å². The van der Waals surface area contributed by atoms with Gasteiger partial charge in [-0.15, -0.1) is 0 Å². The average molecular weight is 229 g/mol. The normalized spacial score (nSPS) is 11.5. The van der Waals surface area contributed by atoms with Gasteiger partial charge in [0.15, 0.2) is 0 Å². The molecule has 0 radical (unpaired) electrons. The molecule has 0 aromatic carbocycles. The number of aromatic nitrogens is 2. The molecule has 0 spiro atoms. The Kier molecular flexibility index (Phi) is 3.99. The summed E-state index contributed by atoms with van der Waals surface area (Å²) >= 11 is 0. The Balaban J connectivity index is 2.76. The summed E-state index contributed by atoms with van der Waals surface area (Å²) in [6.07, 6.45) is 1.59. The van der Waals surface area contributed by atoms with Crippen molar-refractivity contribution in [1.82, 2.24) is 15.1 Å². The van der Waals surface area contributed by atoms with Crippen molar-refractivity contribution in [3.05, 3.63) is 18.0 Å². The van der Waals surface area contributed by atoms with Gasteiger partial charge in [-0.05, 0) is 6.07 Å². The molecule has 1 heterocycles. The van der Waals surface area contributed by atoms with Crippen LogP contribution in [0.1, 0.15) is 10.5 Å². The second-order valence-electron chi connectivity index (χ2n) is 3.58. The van der Waals surface area contributed by atoms with Gasteiger partial charge < -0.3 is 20.6 Å². The number of nitrogens with one attached hydrogen (secondary N) is 1. The van der Waals surface area contributed by atoms with Crippen LogP contribution in [0, 0.1) is 0 Å². The molecular weight excluding hydrogens is 214 g/mol. The summed E-state index contributed by atoms with van der Waals surface area (Å²) < 4.78 is 1.45. The van der Waals surface area contributed by atoms with E-state index in [1.807, 2.05) is 0 Å². The minimum atomic E-state index is -1.42. The van der Waals surface area contributed by atoms with Gasteiger partial charge in [0.1, 0.15) is 11.2 Å². The summed E-state index contributed by atoms with van der Waals surface area (Å²) in [5, 5.41) is 33.3. The second-order valence-corrected chi connectivity index (χ2v) is 3.58. The first-order valence-electron chi connectivity index (χ1n) is 4.71. The molecule has 0 atom stereocenters. The molecule has 1 amide bonds. The number of rotatable bonds is 5. The fraction of sp³-hybridized carbons (Fsp3) is 0.556. The van der Waals surface area contributed by atoms with Gasteiger partial charge in [0.05, 0.1) is 19.8 Å². The molecule has 0 aliphatic carbocycles. The lowest BCUT2D eigenvalue weighted by Crippen LogP contribution is -2.57. The maximum absolute atomic E-state index is 11.6. The summed E-state index contributed by atoms with van der Waals surface area (Å²) in [7, 11) is 1.66. The predicted molar refractivity (Wildman–Crippen MR) is 54.7 cm³/mol. The maximum Gasteiger partial charge on any atom is 0.272 e. The summed E-state index contributed by atoms with van der Waals surface area (Å²) in [5.74, 6) is -0.558. The average Bonchev–Trinajstić information content (AvgIpc) is 2.73. The van der Waals surface area contributed by atoms with Crippen molar-refractivity contribution in [3.8, 4) is 0 Å². The minimum absolute atomic E-state index is 0.155. The molecule has 0 aliphatic rings. The van der Waals surface area contributed by atoms with E-state index in [0.29, 0.717) is 0 Å². The zero-order valence-electron chi connectivity index (χ0n) is 8.92. The lowest BCUT2D eigenvalue weighted by molar-refractivity contribution is 0.0373. The first-order chi connectivity index (χ1) is 7.56. The number of hydrogen-bond donors (Lipinski definition) is 4. The van der Waals surface area contributed by atoms with Crippen LogP contribution in [0.4, 0.5) is 0 Å². The van der Waals surface area contributed by atoms with Crippen molar-refractivity contribution in [2.24, 2.45) is 7.05 Å². The summed E-state index contributed by atoms with van der Waals surface area (Å²) in [4.78, 5) is 11.6. The van der Waals surface area contributed by atoms with E-state index in [1.165, 1.54) is 10.7 Å². The fourth-order valence-electron chi connectivity index (χ4n) is 1.11. The van der Waals surface area contributed by atoms with Gasteiger partial charge in [-0.3, -0.25) is 9.48 Å². The van der Waals surface area contributed by atoms with Crippen molar-refractivity contribution in [2.45, 2.75) is 5.54 Å². The highest BCUT2D eigenvalue weighted by Crippen LogP contribution is 2.04. The van der Waals surface area contributed by atoms with Gasteiger partial charge in [0, 0.05) is 13.2 Å². The highest BCUT2D eigenvalue weighted by molar-refractivity contribution is 5.92. The smallest absolute Gasteiger partial charge is 0.272 e. The molecule has 1 aromatic heterocycles. The minimum Gasteiger partial charge on any atom is -0.394 e. The van der Waals surface area contributed by atoms with Crippen LogP contribution in [-0.2, 0) is 7.05 Å². The molecule has 4 N–H and O–H groups in total. The van der Waals surface area contributed by atoms with Gasteiger partial charge in [0.2, 0.25) is 0 Å². The Labute approximate surface area is 92.3 Å². The number of amides is 1. The van der Waals surface area contributed by atoms with Crippen LogP contribution in [0.25, 0.3) is 0 Å². The van der Waals surface area contributed by atoms with E-state index in [0.717, 1.165) is 0 Å². The zero-order valence-corrected chi connectivity index (χ0v) is 8.92. The lowest BCUT2D eigenvalue weighted by Gasteiger charge is -2.28. The molecular formula is C9H15N3O4. The molecule has 0 saturated heterocycles. The van der Waals surface area contributed by atoms with Crippen LogP contribution in [0.2, 0.25) is 0 Å². The van der Waals surface area contributed by atoms with E-state index in [-0.39, 0.29) is 5.69 Å². The van der Waals surface area contributed by atoms with E-state index >= 15 is 0 Å². The first kappa shape index (κ1) is 12.6.